The molecule has 0 bridgehead atoms. The third-order valence-corrected chi connectivity index (χ3v) is 3.17. The fourth-order valence-corrected chi connectivity index (χ4v) is 2.21. The highest BCUT2D eigenvalue weighted by Gasteiger charge is 2.19. The van der Waals surface area contributed by atoms with Crippen LogP contribution in [0.1, 0.15) is 29.6 Å². The Morgan fingerprint density at radius 2 is 2.00 bits per heavy atom. The van der Waals surface area contributed by atoms with Crippen LogP contribution in [0.5, 0.6) is 0 Å². The molecule has 6 heteroatoms. The molecule has 1 fully saturated rings. The van der Waals surface area contributed by atoms with Crippen LogP contribution in [-0.4, -0.2) is 25.0 Å². The summed E-state index contributed by atoms with van der Waals surface area (Å²) >= 11 is 0. The van der Waals surface area contributed by atoms with E-state index in [9.17, 15) is 18.0 Å². The number of amides is 1. The predicted molar refractivity (Wildman–Crippen MR) is 64.3 cm³/mol. The third-order valence-electron chi connectivity index (χ3n) is 3.17. The maximum Gasteiger partial charge on any atom is 0.257 e. The van der Waals surface area contributed by atoms with E-state index in [4.69, 9.17) is 0 Å². The first-order valence-corrected chi connectivity index (χ1v) is 6.24. The van der Waals surface area contributed by atoms with Crippen LogP contribution < -0.4 is 10.6 Å². The minimum absolute atomic E-state index is 0.326. The van der Waals surface area contributed by atoms with Gasteiger partial charge in [-0.3, -0.25) is 4.79 Å². The Morgan fingerprint density at radius 3 is 2.58 bits per heavy atom. The van der Waals surface area contributed by atoms with Crippen LogP contribution in [0, 0.1) is 17.5 Å². The lowest BCUT2D eigenvalue weighted by molar-refractivity contribution is 0.0943. The molecule has 0 aliphatic carbocycles. The summed E-state index contributed by atoms with van der Waals surface area (Å²) in [6, 6.07) is 1.33. The number of halogens is 3. The summed E-state index contributed by atoms with van der Waals surface area (Å²) in [5, 5.41) is 5.70. The Bertz CT molecular complexity index is 450. The van der Waals surface area contributed by atoms with Gasteiger partial charge in [-0.1, -0.05) is 0 Å². The van der Waals surface area contributed by atoms with Gasteiger partial charge in [0.2, 0.25) is 0 Å². The van der Waals surface area contributed by atoms with E-state index in [0.717, 1.165) is 19.4 Å². The van der Waals surface area contributed by atoms with Crippen molar-refractivity contribution in [3.63, 3.8) is 0 Å². The van der Waals surface area contributed by atoms with Gasteiger partial charge in [0.05, 0.1) is 0 Å². The monoisotopic (exact) mass is 272 g/mol. The minimum atomic E-state index is -1.19. The molecule has 19 heavy (non-hydrogen) atoms. The average molecular weight is 272 g/mol. The summed E-state index contributed by atoms with van der Waals surface area (Å²) in [5.41, 5.74) is -0.735. The van der Waals surface area contributed by atoms with Gasteiger partial charge in [0.15, 0.2) is 0 Å². The van der Waals surface area contributed by atoms with Crippen molar-refractivity contribution in [1.82, 2.24) is 10.6 Å². The van der Waals surface area contributed by atoms with E-state index >= 15 is 0 Å². The van der Waals surface area contributed by atoms with Crippen LogP contribution in [0.3, 0.4) is 0 Å². The number of hydrogen-bond acceptors (Lipinski definition) is 2. The zero-order chi connectivity index (χ0) is 13.8. The lowest BCUT2D eigenvalue weighted by Gasteiger charge is -2.11. The van der Waals surface area contributed by atoms with Crippen molar-refractivity contribution in [2.45, 2.75) is 25.3 Å². The SMILES string of the molecule is O=C(NCCC1CCCN1)c1c(F)cc(F)cc1F. The largest absolute Gasteiger partial charge is 0.352 e. The number of carbonyl (C=O) groups excluding carboxylic acids is 1. The molecule has 1 atom stereocenters. The van der Waals surface area contributed by atoms with Crippen molar-refractivity contribution in [3.8, 4) is 0 Å². The van der Waals surface area contributed by atoms with Crippen molar-refractivity contribution in [2.24, 2.45) is 0 Å². The second-order valence-electron chi connectivity index (χ2n) is 4.58. The van der Waals surface area contributed by atoms with E-state index in [-0.39, 0.29) is 0 Å². The maximum absolute atomic E-state index is 13.3. The van der Waals surface area contributed by atoms with Crippen LogP contribution >= 0.6 is 0 Å². The van der Waals surface area contributed by atoms with E-state index in [1.807, 2.05) is 0 Å². The molecule has 1 aromatic rings. The van der Waals surface area contributed by atoms with Gasteiger partial charge in [0.1, 0.15) is 23.0 Å². The second-order valence-corrected chi connectivity index (χ2v) is 4.58. The molecule has 0 radical (unpaired) electrons. The molecule has 1 aliphatic heterocycles. The molecule has 0 saturated carbocycles. The van der Waals surface area contributed by atoms with Gasteiger partial charge in [-0.15, -0.1) is 0 Å². The summed E-state index contributed by atoms with van der Waals surface area (Å²) in [5.74, 6) is -4.27. The van der Waals surface area contributed by atoms with Crippen molar-refractivity contribution in [1.29, 1.82) is 0 Å². The minimum Gasteiger partial charge on any atom is -0.352 e. The Labute approximate surface area is 109 Å². The van der Waals surface area contributed by atoms with Crippen LogP contribution in [0.2, 0.25) is 0 Å². The Balaban J connectivity index is 1.92. The van der Waals surface area contributed by atoms with Crippen LogP contribution in [0.25, 0.3) is 0 Å². The first kappa shape index (κ1) is 13.9. The number of benzene rings is 1. The molecular formula is C13H15F3N2O. The summed E-state index contributed by atoms with van der Waals surface area (Å²) in [6.45, 7) is 1.28. The summed E-state index contributed by atoms with van der Waals surface area (Å²) < 4.78 is 39.4. The molecule has 1 saturated heterocycles. The molecule has 1 heterocycles. The number of carbonyl (C=O) groups is 1. The van der Waals surface area contributed by atoms with Crippen molar-refractivity contribution in [2.75, 3.05) is 13.1 Å². The molecule has 2 N–H and O–H groups in total. The molecule has 3 nitrogen and oxygen atoms in total. The van der Waals surface area contributed by atoms with Crippen LogP contribution in [0.4, 0.5) is 13.2 Å². The Morgan fingerprint density at radius 1 is 1.32 bits per heavy atom. The standard InChI is InChI=1S/C13H15F3N2O/c14-8-6-10(15)12(11(16)7-8)13(19)18-5-3-9-2-1-4-17-9/h6-7,9,17H,1-5H2,(H,18,19). The molecule has 1 unspecified atom stereocenters. The summed E-state index contributed by atoms with van der Waals surface area (Å²) in [4.78, 5) is 11.6. The van der Waals surface area contributed by atoms with E-state index in [1.165, 1.54) is 0 Å². The van der Waals surface area contributed by atoms with Gasteiger partial charge in [0, 0.05) is 24.7 Å². The topological polar surface area (TPSA) is 41.1 Å². The quantitative estimate of drug-likeness (QED) is 0.880. The highest BCUT2D eigenvalue weighted by molar-refractivity contribution is 5.94. The Kier molecular flexibility index (Phi) is 4.42. The second kappa shape index (κ2) is 6.06. The van der Waals surface area contributed by atoms with Gasteiger partial charge >= 0.3 is 0 Å². The highest BCUT2D eigenvalue weighted by Crippen LogP contribution is 2.14. The molecule has 2 rings (SSSR count). The smallest absolute Gasteiger partial charge is 0.257 e. The zero-order valence-corrected chi connectivity index (χ0v) is 10.3. The fourth-order valence-electron chi connectivity index (χ4n) is 2.21. The zero-order valence-electron chi connectivity index (χ0n) is 10.3. The molecule has 1 amide bonds. The van der Waals surface area contributed by atoms with Gasteiger partial charge in [0.25, 0.3) is 5.91 Å². The molecule has 0 aromatic heterocycles. The van der Waals surface area contributed by atoms with Gasteiger partial charge in [-0.05, 0) is 25.8 Å². The summed E-state index contributed by atoms with van der Waals surface area (Å²) in [6.07, 6.45) is 2.84. The predicted octanol–water partition coefficient (Wildman–Crippen LogP) is 1.98. The van der Waals surface area contributed by atoms with Gasteiger partial charge in [-0.25, -0.2) is 13.2 Å². The first-order valence-electron chi connectivity index (χ1n) is 6.24. The normalized spacial score (nSPS) is 18.6. The van der Waals surface area contributed by atoms with E-state index in [0.29, 0.717) is 31.1 Å². The molecule has 1 aromatic carbocycles. The molecular weight excluding hydrogens is 257 g/mol. The van der Waals surface area contributed by atoms with E-state index in [1.54, 1.807) is 0 Å². The lowest BCUT2D eigenvalue weighted by atomic mass is 10.1. The van der Waals surface area contributed by atoms with Crippen molar-refractivity contribution < 1.29 is 18.0 Å². The van der Waals surface area contributed by atoms with Crippen LogP contribution in [-0.2, 0) is 0 Å². The van der Waals surface area contributed by atoms with Gasteiger partial charge < -0.3 is 10.6 Å². The fraction of sp³-hybridized carbons (Fsp3) is 0.462. The number of nitrogens with one attached hydrogen (secondary N) is 2. The Hall–Kier alpha value is -1.56. The lowest BCUT2D eigenvalue weighted by Crippen LogP contribution is -2.31. The molecule has 104 valence electrons. The van der Waals surface area contributed by atoms with E-state index < -0.39 is 28.9 Å². The number of rotatable bonds is 4. The van der Waals surface area contributed by atoms with Gasteiger partial charge in [-0.2, -0.15) is 0 Å². The van der Waals surface area contributed by atoms with Crippen molar-refractivity contribution in [3.05, 3.63) is 35.1 Å². The molecule has 1 aliphatic rings. The first-order chi connectivity index (χ1) is 9.08. The summed E-state index contributed by atoms with van der Waals surface area (Å²) in [7, 11) is 0. The van der Waals surface area contributed by atoms with E-state index in [2.05, 4.69) is 10.6 Å². The van der Waals surface area contributed by atoms with Crippen molar-refractivity contribution >= 4 is 5.91 Å². The molecule has 0 spiro atoms. The number of hydrogen-bond donors (Lipinski definition) is 2. The average Bonchev–Trinajstić information content (AvgIpc) is 2.80. The van der Waals surface area contributed by atoms with Crippen LogP contribution in [0.15, 0.2) is 12.1 Å². The highest BCUT2D eigenvalue weighted by atomic mass is 19.1. The maximum atomic E-state index is 13.3. The third kappa shape index (κ3) is 3.47.